The zero-order chi connectivity index (χ0) is 26.3. The van der Waals surface area contributed by atoms with E-state index in [1.165, 1.54) is 11.8 Å². The van der Waals surface area contributed by atoms with Crippen LogP contribution in [0.5, 0.6) is 5.75 Å². The number of amides is 1. The lowest BCUT2D eigenvalue weighted by Crippen LogP contribution is -2.30. The number of aromatic nitrogens is 4. The van der Waals surface area contributed by atoms with Crippen LogP contribution in [-0.2, 0) is 12.8 Å². The molecule has 0 radical (unpaired) electrons. The van der Waals surface area contributed by atoms with Crippen LogP contribution in [0.1, 0.15) is 40.0 Å². The summed E-state index contributed by atoms with van der Waals surface area (Å²) in [5, 5.41) is 8.46. The van der Waals surface area contributed by atoms with Crippen LogP contribution in [-0.4, -0.2) is 38.1 Å². The van der Waals surface area contributed by atoms with Crippen LogP contribution in [0.2, 0.25) is 0 Å². The van der Waals surface area contributed by atoms with Gasteiger partial charge in [0, 0.05) is 11.8 Å². The minimum atomic E-state index is -4.68. The summed E-state index contributed by atoms with van der Waals surface area (Å²) >= 11 is 1.51. The second-order valence-electron chi connectivity index (χ2n) is 8.07. The molecule has 0 bridgehead atoms. The number of halogens is 3. The van der Waals surface area contributed by atoms with E-state index in [0.717, 1.165) is 11.1 Å². The first kappa shape index (κ1) is 26.2. The van der Waals surface area contributed by atoms with Crippen LogP contribution in [0.4, 0.5) is 13.2 Å². The molecule has 4 aromatic rings. The third-order valence-electron chi connectivity index (χ3n) is 5.46. The summed E-state index contributed by atoms with van der Waals surface area (Å²) in [5.41, 5.74) is 2.70. The lowest BCUT2D eigenvalue weighted by molar-refractivity contribution is -0.144. The van der Waals surface area contributed by atoms with E-state index in [2.05, 4.69) is 25.5 Å². The van der Waals surface area contributed by atoms with Crippen LogP contribution < -0.4 is 10.1 Å². The van der Waals surface area contributed by atoms with E-state index in [-0.39, 0.29) is 12.4 Å². The van der Waals surface area contributed by atoms with Crippen molar-refractivity contribution in [1.29, 1.82) is 0 Å². The molecule has 0 fully saturated rings. The quantitative estimate of drug-likeness (QED) is 0.275. The first-order chi connectivity index (χ1) is 17.8. The first-order valence-electron chi connectivity index (χ1n) is 11.4. The number of hydrogen-bond acceptors (Lipinski definition) is 6. The van der Waals surface area contributed by atoms with Gasteiger partial charge in [-0.25, -0.2) is 4.98 Å². The molecule has 37 heavy (non-hydrogen) atoms. The Morgan fingerprint density at radius 3 is 2.62 bits per heavy atom. The highest BCUT2D eigenvalue weighted by atomic mass is 32.2. The number of rotatable bonds is 10. The van der Waals surface area contributed by atoms with Crippen molar-refractivity contribution in [3.63, 3.8) is 0 Å². The maximum absolute atomic E-state index is 13.4. The molecule has 0 spiro atoms. The van der Waals surface area contributed by atoms with Crippen LogP contribution in [0, 0.1) is 0 Å². The van der Waals surface area contributed by atoms with Gasteiger partial charge in [0.1, 0.15) is 18.2 Å². The normalized spacial score (nSPS) is 12.2. The molecule has 0 aliphatic rings. The molecular weight excluding hydrogens is 503 g/mol. The summed E-state index contributed by atoms with van der Waals surface area (Å²) in [7, 11) is 0. The predicted octanol–water partition coefficient (Wildman–Crippen LogP) is 5.69. The van der Waals surface area contributed by atoms with E-state index in [9.17, 15) is 18.0 Å². The first-order valence-corrected chi connectivity index (χ1v) is 12.7. The number of ether oxygens (including phenoxy) is 1. The fourth-order valence-corrected chi connectivity index (χ4v) is 4.11. The van der Waals surface area contributed by atoms with Crippen molar-refractivity contribution in [2.45, 2.75) is 25.2 Å². The van der Waals surface area contributed by atoms with Crippen molar-refractivity contribution in [3.8, 4) is 16.9 Å². The molecule has 2 aromatic carbocycles. The van der Waals surface area contributed by atoms with Gasteiger partial charge in [-0.2, -0.15) is 24.9 Å². The third kappa shape index (κ3) is 6.88. The molecule has 192 valence electrons. The zero-order valence-corrected chi connectivity index (χ0v) is 20.6. The third-order valence-corrected chi connectivity index (χ3v) is 6.10. The SMILES string of the molecule is CSCC[C@H](NC(=O)c1ccc(COc2cccnc2)cc1-c1ccccc1)c1nc(C(F)(F)F)n[nH]1. The topological polar surface area (TPSA) is 92.8 Å². The molecule has 2 N–H and O–H groups in total. The Morgan fingerprint density at radius 2 is 1.95 bits per heavy atom. The average Bonchev–Trinajstić information content (AvgIpc) is 3.42. The number of H-pyrrole nitrogens is 1. The number of nitrogens with one attached hydrogen (secondary N) is 2. The van der Waals surface area contributed by atoms with Crippen LogP contribution in [0.15, 0.2) is 73.1 Å². The summed E-state index contributed by atoms with van der Waals surface area (Å²) in [6, 6.07) is 17.5. The van der Waals surface area contributed by atoms with E-state index in [1.54, 1.807) is 36.7 Å². The molecule has 7 nitrogen and oxygen atoms in total. The highest BCUT2D eigenvalue weighted by Crippen LogP contribution is 2.29. The smallest absolute Gasteiger partial charge is 0.453 e. The highest BCUT2D eigenvalue weighted by Gasteiger charge is 2.37. The van der Waals surface area contributed by atoms with Crippen molar-refractivity contribution >= 4 is 17.7 Å². The number of aromatic amines is 1. The van der Waals surface area contributed by atoms with Crippen molar-refractivity contribution in [2.75, 3.05) is 12.0 Å². The molecule has 0 aliphatic heterocycles. The Balaban J connectivity index is 1.61. The maximum Gasteiger partial charge on any atom is 0.453 e. The molecule has 0 unspecified atom stereocenters. The van der Waals surface area contributed by atoms with E-state index in [0.29, 0.717) is 29.1 Å². The standard InChI is InChI=1S/C26H24F3N5O2S/c1-37-13-11-22(23-32-25(34-33-23)26(27,28)29)31-24(35)20-10-9-17(16-36-19-8-5-12-30-15-19)14-21(20)18-6-3-2-4-7-18/h2-10,12,14-15,22H,11,13,16H2,1H3,(H,31,35)(H,32,33,34)/t22-/m0/s1. The second kappa shape index (κ2) is 11.9. The summed E-state index contributed by atoms with van der Waals surface area (Å²) in [6.07, 6.45) is 0.833. The van der Waals surface area contributed by atoms with Crippen LogP contribution in [0.3, 0.4) is 0 Å². The summed E-state index contributed by atoms with van der Waals surface area (Å²) in [5.74, 6) is -0.531. The number of nitrogens with zero attached hydrogens (tertiary/aromatic N) is 3. The Hall–Kier alpha value is -3.86. The fourth-order valence-electron chi connectivity index (χ4n) is 3.64. The number of thioether (sulfide) groups is 1. The molecular formula is C26H24F3N5O2S. The number of benzene rings is 2. The maximum atomic E-state index is 13.4. The summed E-state index contributed by atoms with van der Waals surface area (Å²) < 4.78 is 44.9. The monoisotopic (exact) mass is 527 g/mol. The van der Waals surface area contributed by atoms with Gasteiger partial charge in [-0.15, -0.1) is 5.10 Å². The van der Waals surface area contributed by atoms with E-state index < -0.39 is 23.9 Å². The lowest BCUT2D eigenvalue weighted by atomic mass is 9.96. The highest BCUT2D eigenvalue weighted by molar-refractivity contribution is 7.98. The summed E-state index contributed by atoms with van der Waals surface area (Å²) in [4.78, 5) is 21.1. The van der Waals surface area contributed by atoms with Gasteiger partial charge in [0.25, 0.3) is 11.7 Å². The average molecular weight is 528 g/mol. The predicted molar refractivity (Wildman–Crippen MR) is 135 cm³/mol. The Labute approximate surface area is 215 Å². The molecule has 0 saturated carbocycles. The molecule has 2 heterocycles. The van der Waals surface area contributed by atoms with E-state index >= 15 is 0 Å². The zero-order valence-electron chi connectivity index (χ0n) is 19.8. The molecule has 2 aromatic heterocycles. The van der Waals surface area contributed by atoms with E-state index in [4.69, 9.17) is 4.74 Å². The van der Waals surface area contributed by atoms with Crippen LogP contribution >= 0.6 is 11.8 Å². The fraction of sp³-hybridized carbons (Fsp3) is 0.231. The molecule has 0 aliphatic carbocycles. The molecule has 11 heteroatoms. The van der Waals surface area contributed by atoms with Crippen molar-refractivity contribution in [3.05, 3.63) is 95.8 Å². The molecule has 1 atom stereocenters. The Kier molecular flexibility index (Phi) is 8.44. The van der Waals surface area contributed by atoms with Crippen LogP contribution in [0.25, 0.3) is 11.1 Å². The van der Waals surface area contributed by atoms with Gasteiger partial charge in [-0.1, -0.05) is 36.4 Å². The number of carbonyl (C=O) groups is 1. The van der Waals surface area contributed by atoms with Crippen molar-refractivity contribution in [1.82, 2.24) is 25.5 Å². The van der Waals surface area contributed by atoms with Gasteiger partial charge < -0.3 is 10.1 Å². The number of pyridine rings is 1. The van der Waals surface area contributed by atoms with Crippen molar-refractivity contribution in [2.24, 2.45) is 0 Å². The van der Waals surface area contributed by atoms with Gasteiger partial charge in [-0.3, -0.25) is 14.9 Å². The number of carbonyl (C=O) groups excluding carboxylic acids is 1. The second-order valence-corrected chi connectivity index (χ2v) is 9.06. The molecule has 0 saturated heterocycles. The number of hydrogen-bond donors (Lipinski definition) is 2. The van der Waals surface area contributed by atoms with Crippen molar-refractivity contribution < 1.29 is 22.7 Å². The summed E-state index contributed by atoms with van der Waals surface area (Å²) in [6.45, 7) is 0.266. The molecule has 4 rings (SSSR count). The Morgan fingerprint density at radius 1 is 1.14 bits per heavy atom. The Bertz CT molecular complexity index is 1320. The van der Waals surface area contributed by atoms with Gasteiger partial charge in [0.2, 0.25) is 0 Å². The largest absolute Gasteiger partial charge is 0.487 e. The van der Waals surface area contributed by atoms with Gasteiger partial charge in [0.15, 0.2) is 0 Å². The number of alkyl halides is 3. The minimum Gasteiger partial charge on any atom is -0.487 e. The van der Waals surface area contributed by atoms with Gasteiger partial charge >= 0.3 is 6.18 Å². The lowest BCUT2D eigenvalue weighted by Gasteiger charge is -2.18. The minimum absolute atomic E-state index is 0.0440. The van der Waals surface area contributed by atoms with E-state index in [1.807, 2.05) is 42.7 Å². The van der Waals surface area contributed by atoms with Gasteiger partial charge in [-0.05, 0) is 59.4 Å². The molecule has 1 amide bonds. The van der Waals surface area contributed by atoms with Gasteiger partial charge in [0.05, 0.1) is 12.2 Å².